The maximum absolute atomic E-state index is 12.0. The third-order valence-electron chi connectivity index (χ3n) is 3.37. The summed E-state index contributed by atoms with van der Waals surface area (Å²) in [4.78, 5) is 13.1. The molecular weight excluding hydrogens is 296 g/mol. The van der Waals surface area contributed by atoms with E-state index in [2.05, 4.69) is 15.6 Å². The number of hydrogen-bond donors (Lipinski definition) is 1. The summed E-state index contributed by atoms with van der Waals surface area (Å²) in [6.07, 6.45) is 3.86. The molecule has 0 spiro atoms. The number of nitrogens with one attached hydrogen (secondary N) is 1. The van der Waals surface area contributed by atoms with Gasteiger partial charge in [0.15, 0.2) is 0 Å². The average molecular weight is 312 g/mol. The molecule has 3 rings (SSSR count). The van der Waals surface area contributed by atoms with Crippen LogP contribution in [0.5, 0.6) is 0 Å². The van der Waals surface area contributed by atoms with Crippen LogP contribution in [0.2, 0.25) is 0 Å². The Labute approximate surface area is 132 Å². The van der Waals surface area contributed by atoms with Gasteiger partial charge in [-0.15, -0.1) is 16.4 Å². The van der Waals surface area contributed by atoms with E-state index in [1.807, 2.05) is 48.7 Å². The second-order valence-corrected chi connectivity index (χ2v) is 6.02. The van der Waals surface area contributed by atoms with E-state index in [0.717, 1.165) is 16.1 Å². The fourth-order valence-corrected chi connectivity index (χ4v) is 2.91. The molecule has 1 amide bonds. The first kappa shape index (κ1) is 14.5. The minimum Gasteiger partial charge on any atom is -0.349 e. The standard InChI is InChI=1S/C16H16N4OS/c1-12(18-16(21)11-15-3-2-10-22-15)13-4-6-14(7-5-13)20-9-8-17-19-20/h2-10,12H,11H2,1H3,(H,18,21)/t12-/m0/s1. The zero-order valence-electron chi connectivity index (χ0n) is 12.1. The summed E-state index contributed by atoms with van der Waals surface area (Å²) in [5, 5.41) is 12.7. The first-order chi connectivity index (χ1) is 10.7. The molecule has 2 aromatic heterocycles. The zero-order chi connectivity index (χ0) is 15.4. The molecule has 0 aliphatic rings. The van der Waals surface area contributed by atoms with Crippen molar-refractivity contribution in [1.82, 2.24) is 20.3 Å². The fourth-order valence-electron chi connectivity index (χ4n) is 2.21. The van der Waals surface area contributed by atoms with Crippen LogP contribution in [-0.4, -0.2) is 20.9 Å². The lowest BCUT2D eigenvalue weighted by Gasteiger charge is -2.14. The first-order valence-corrected chi connectivity index (χ1v) is 7.89. The molecule has 0 radical (unpaired) electrons. The summed E-state index contributed by atoms with van der Waals surface area (Å²) in [6.45, 7) is 1.98. The van der Waals surface area contributed by atoms with E-state index in [-0.39, 0.29) is 11.9 Å². The molecule has 2 heterocycles. The van der Waals surface area contributed by atoms with Gasteiger partial charge in [0.2, 0.25) is 5.91 Å². The Morgan fingerprint density at radius 3 is 2.77 bits per heavy atom. The molecule has 0 aliphatic carbocycles. The molecule has 0 fully saturated rings. The van der Waals surface area contributed by atoms with Crippen molar-refractivity contribution in [2.45, 2.75) is 19.4 Å². The minimum atomic E-state index is -0.0303. The van der Waals surface area contributed by atoms with Gasteiger partial charge in [0.1, 0.15) is 0 Å². The number of amides is 1. The molecule has 0 aliphatic heterocycles. The maximum atomic E-state index is 12.0. The second kappa shape index (κ2) is 6.53. The van der Waals surface area contributed by atoms with Gasteiger partial charge >= 0.3 is 0 Å². The summed E-state index contributed by atoms with van der Waals surface area (Å²) >= 11 is 1.60. The van der Waals surface area contributed by atoms with Crippen LogP contribution in [0.3, 0.4) is 0 Å². The summed E-state index contributed by atoms with van der Waals surface area (Å²) in [5.41, 5.74) is 2.00. The van der Waals surface area contributed by atoms with Crippen molar-refractivity contribution in [1.29, 1.82) is 0 Å². The molecule has 0 saturated carbocycles. The maximum Gasteiger partial charge on any atom is 0.225 e. The van der Waals surface area contributed by atoms with Crippen molar-refractivity contribution < 1.29 is 4.79 Å². The Kier molecular flexibility index (Phi) is 4.29. The largest absolute Gasteiger partial charge is 0.349 e. The van der Waals surface area contributed by atoms with Gasteiger partial charge in [-0.1, -0.05) is 23.4 Å². The molecule has 0 saturated heterocycles. The molecule has 5 nitrogen and oxygen atoms in total. The lowest BCUT2D eigenvalue weighted by Crippen LogP contribution is -2.27. The monoisotopic (exact) mass is 312 g/mol. The van der Waals surface area contributed by atoms with Crippen LogP contribution in [-0.2, 0) is 11.2 Å². The van der Waals surface area contributed by atoms with Crippen LogP contribution in [0.1, 0.15) is 23.4 Å². The van der Waals surface area contributed by atoms with E-state index in [4.69, 9.17) is 0 Å². The van der Waals surface area contributed by atoms with Gasteiger partial charge in [0, 0.05) is 4.88 Å². The topological polar surface area (TPSA) is 59.8 Å². The number of carbonyl (C=O) groups is 1. The molecule has 6 heteroatoms. The van der Waals surface area contributed by atoms with E-state index in [1.54, 1.807) is 28.4 Å². The SMILES string of the molecule is C[C@H](NC(=O)Cc1cccs1)c1ccc(-n2ccnn2)cc1. The number of benzene rings is 1. The second-order valence-electron chi connectivity index (χ2n) is 4.98. The highest BCUT2D eigenvalue weighted by molar-refractivity contribution is 7.10. The number of nitrogens with zero attached hydrogens (tertiary/aromatic N) is 3. The summed E-state index contributed by atoms with van der Waals surface area (Å²) in [6, 6.07) is 11.8. The van der Waals surface area contributed by atoms with Crippen LogP contribution in [0.25, 0.3) is 5.69 Å². The Hall–Kier alpha value is -2.47. The van der Waals surface area contributed by atoms with E-state index in [0.29, 0.717) is 6.42 Å². The van der Waals surface area contributed by atoms with Gasteiger partial charge in [0.25, 0.3) is 0 Å². The third kappa shape index (κ3) is 3.40. The Bertz CT molecular complexity index is 720. The quantitative estimate of drug-likeness (QED) is 0.788. The molecule has 1 atom stereocenters. The van der Waals surface area contributed by atoms with E-state index < -0.39 is 0 Å². The number of hydrogen-bond acceptors (Lipinski definition) is 4. The van der Waals surface area contributed by atoms with Crippen LogP contribution < -0.4 is 5.32 Å². The highest BCUT2D eigenvalue weighted by atomic mass is 32.1. The zero-order valence-corrected chi connectivity index (χ0v) is 13.0. The molecular formula is C16H16N4OS. The average Bonchev–Trinajstić information content (AvgIpc) is 3.20. The lowest BCUT2D eigenvalue weighted by molar-refractivity contribution is -0.121. The first-order valence-electron chi connectivity index (χ1n) is 7.01. The summed E-state index contributed by atoms with van der Waals surface area (Å²) in [5.74, 6) is 0.0373. The van der Waals surface area contributed by atoms with E-state index in [1.165, 1.54) is 0 Å². The number of rotatable bonds is 5. The number of aromatic nitrogens is 3. The molecule has 22 heavy (non-hydrogen) atoms. The summed E-state index contributed by atoms with van der Waals surface area (Å²) < 4.78 is 1.70. The van der Waals surface area contributed by atoms with Crippen molar-refractivity contribution in [3.05, 3.63) is 64.6 Å². The predicted octanol–water partition coefficient (Wildman–Crippen LogP) is 2.75. The van der Waals surface area contributed by atoms with E-state index in [9.17, 15) is 4.79 Å². The van der Waals surface area contributed by atoms with Crippen LogP contribution >= 0.6 is 11.3 Å². The van der Waals surface area contributed by atoms with Gasteiger partial charge < -0.3 is 5.32 Å². The predicted molar refractivity (Wildman–Crippen MR) is 85.9 cm³/mol. The highest BCUT2D eigenvalue weighted by Gasteiger charge is 2.11. The van der Waals surface area contributed by atoms with Gasteiger partial charge in [-0.25, -0.2) is 4.68 Å². The van der Waals surface area contributed by atoms with Crippen LogP contribution in [0, 0.1) is 0 Å². The third-order valence-corrected chi connectivity index (χ3v) is 4.25. The smallest absolute Gasteiger partial charge is 0.225 e. The molecule has 1 N–H and O–H groups in total. The molecule has 0 unspecified atom stereocenters. The van der Waals surface area contributed by atoms with Gasteiger partial charge in [-0.3, -0.25) is 4.79 Å². The van der Waals surface area contributed by atoms with Gasteiger partial charge in [0.05, 0.1) is 30.5 Å². The van der Waals surface area contributed by atoms with Crippen LogP contribution in [0.4, 0.5) is 0 Å². The lowest BCUT2D eigenvalue weighted by atomic mass is 10.1. The molecule has 1 aromatic carbocycles. The van der Waals surface area contributed by atoms with Crippen LogP contribution in [0.15, 0.2) is 54.2 Å². The highest BCUT2D eigenvalue weighted by Crippen LogP contribution is 2.16. The Morgan fingerprint density at radius 2 is 2.14 bits per heavy atom. The van der Waals surface area contributed by atoms with Crippen molar-refractivity contribution in [3.8, 4) is 5.69 Å². The van der Waals surface area contributed by atoms with E-state index >= 15 is 0 Å². The minimum absolute atomic E-state index is 0.0303. The Morgan fingerprint density at radius 1 is 1.32 bits per heavy atom. The summed E-state index contributed by atoms with van der Waals surface area (Å²) in [7, 11) is 0. The Balaban J connectivity index is 1.62. The molecule has 3 aromatic rings. The number of thiophene rings is 1. The van der Waals surface area contributed by atoms with Gasteiger partial charge in [-0.2, -0.15) is 0 Å². The molecule has 112 valence electrons. The normalized spacial score (nSPS) is 12.0. The van der Waals surface area contributed by atoms with Crippen molar-refractivity contribution in [2.24, 2.45) is 0 Å². The number of carbonyl (C=O) groups excluding carboxylic acids is 1. The van der Waals surface area contributed by atoms with Crippen molar-refractivity contribution in [3.63, 3.8) is 0 Å². The van der Waals surface area contributed by atoms with Crippen molar-refractivity contribution >= 4 is 17.2 Å². The fraction of sp³-hybridized carbons (Fsp3) is 0.188. The molecule has 0 bridgehead atoms. The van der Waals surface area contributed by atoms with Crippen molar-refractivity contribution in [2.75, 3.05) is 0 Å². The van der Waals surface area contributed by atoms with Gasteiger partial charge in [-0.05, 0) is 36.1 Å².